The zero-order valence-corrected chi connectivity index (χ0v) is 13.9. The van der Waals surface area contributed by atoms with Gasteiger partial charge >= 0.3 is 0 Å². The Hall–Kier alpha value is -1.37. The number of fused-ring (bicyclic) bond motifs is 5. The molecule has 0 radical (unpaired) electrons. The first kappa shape index (κ1) is 15.2. The highest BCUT2D eigenvalue weighted by Gasteiger charge is 2.62. The SMILES string of the molecule is C[C@]12C=CC(O)C=C1CC[C@@H]1C2=CC[C@@]2(C)[C@H]1CC[C@]2(O)C#N. The summed E-state index contributed by atoms with van der Waals surface area (Å²) >= 11 is 0. The topological polar surface area (TPSA) is 64.2 Å². The molecule has 122 valence electrons. The van der Waals surface area contributed by atoms with Gasteiger partial charge in [-0.2, -0.15) is 5.26 Å². The maximum atomic E-state index is 10.8. The molecule has 4 aliphatic carbocycles. The van der Waals surface area contributed by atoms with Gasteiger partial charge in [0, 0.05) is 10.8 Å². The van der Waals surface area contributed by atoms with Crippen molar-refractivity contribution < 1.29 is 10.2 Å². The summed E-state index contributed by atoms with van der Waals surface area (Å²) in [5, 5.41) is 30.2. The fraction of sp³-hybridized carbons (Fsp3) is 0.650. The van der Waals surface area contributed by atoms with Gasteiger partial charge in [-0.05, 0) is 50.9 Å². The van der Waals surface area contributed by atoms with E-state index < -0.39 is 11.7 Å². The summed E-state index contributed by atoms with van der Waals surface area (Å²) in [5.41, 5.74) is 1.17. The second-order valence-corrected chi connectivity index (χ2v) is 8.29. The number of rotatable bonds is 0. The third kappa shape index (κ3) is 1.77. The van der Waals surface area contributed by atoms with Crippen molar-refractivity contribution in [2.24, 2.45) is 22.7 Å². The van der Waals surface area contributed by atoms with Gasteiger partial charge in [-0.3, -0.25) is 0 Å². The number of nitrogens with zero attached hydrogens (tertiary/aromatic N) is 1. The Bertz CT molecular complexity index is 684. The van der Waals surface area contributed by atoms with Crippen molar-refractivity contribution in [3.8, 4) is 6.07 Å². The van der Waals surface area contributed by atoms with Crippen molar-refractivity contribution in [2.45, 2.75) is 57.7 Å². The van der Waals surface area contributed by atoms with Crippen LogP contribution in [0.25, 0.3) is 0 Å². The van der Waals surface area contributed by atoms with Crippen molar-refractivity contribution in [2.75, 3.05) is 0 Å². The van der Waals surface area contributed by atoms with Crippen LogP contribution in [0.4, 0.5) is 0 Å². The van der Waals surface area contributed by atoms with Crippen LogP contribution in [-0.4, -0.2) is 21.9 Å². The first-order valence-electron chi connectivity index (χ1n) is 8.77. The molecule has 3 heteroatoms. The van der Waals surface area contributed by atoms with Gasteiger partial charge in [-0.25, -0.2) is 0 Å². The predicted octanol–water partition coefficient (Wildman–Crippen LogP) is 3.26. The van der Waals surface area contributed by atoms with Crippen molar-refractivity contribution in [3.63, 3.8) is 0 Å². The molecule has 0 aromatic carbocycles. The molecule has 2 N–H and O–H groups in total. The Balaban J connectivity index is 1.78. The van der Waals surface area contributed by atoms with E-state index in [0.717, 1.165) is 25.7 Å². The lowest BCUT2D eigenvalue weighted by atomic mass is 9.52. The van der Waals surface area contributed by atoms with Crippen LogP contribution >= 0.6 is 0 Å². The molecule has 0 aromatic rings. The number of nitriles is 1. The summed E-state index contributed by atoms with van der Waals surface area (Å²) in [6.45, 7) is 4.36. The minimum absolute atomic E-state index is 0.0865. The average molecular weight is 311 g/mol. The number of aliphatic hydroxyl groups is 2. The van der Waals surface area contributed by atoms with E-state index in [1.165, 1.54) is 11.1 Å². The lowest BCUT2D eigenvalue weighted by molar-refractivity contribution is -0.0378. The number of hydrogen-bond donors (Lipinski definition) is 2. The standard InChI is InChI=1S/C20H25NO2/c1-18-8-5-14(22)11-13(18)3-4-15-16(18)6-9-19(2)17(15)7-10-20(19,23)12-21/h5-6,8,11,14-15,17,22-23H,3-4,7,9-10H2,1-2H3/t14?,15-,17+,18+,19+,20+/m1/s1. The van der Waals surface area contributed by atoms with Crippen molar-refractivity contribution in [1.82, 2.24) is 0 Å². The van der Waals surface area contributed by atoms with Crippen LogP contribution in [0, 0.1) is 34.0 Å². The summed E-state index contributed by atoms with van der Waals surface area (Å²) in [6.07, 6.45) is 12.3. The largest absolute Gasteiger partial charge is 0.385 e. The quantitative estimate of drug-likeness (QED) is 0.533. The van der Waals surface area contributed by atoms with E-state index >= 15 is 0 Å². The van der Waals surface area contributed by atoms with Crippen molar-refractivity contribution in [1.29, 1.82) is 5.26 Å². The zero-order chi connectivity index (χ0) is 16.5. The molecule has 4 rings (SSSR count). The van der Waals surface area contributed by atoms with E-state index in [0.29, 0.717) is 18.3 Å². The Kier molecular flexibility index (Phi) is 3.03. The second kappa shape index (κ2) is 4.59. The van der Waals surface area contributed by atoms with Crippen LogP contribution in [0.3, 0.4) is 0 Å². The van der Waals surface area contributed by atoms with E-state index in [4.69, 9.17) is 0 Å². The zero-order valence-electron chi connectivity index (χ0n) is 13.9. The molecule has 0 spiro atoms. The number of aliphatic hydroxyl groups excluding tert-OH is 1. The van der Waals surface area contributed by atoms with Crippen LogP contribution in [-0.2, 0) is 0 Å². The minimum atomic E-state index is -1.19. The predicted molar refractivity (Wildman–Crippen MR) is 88.2 cm³/mol. The summed E-state index contributed by atoms with van der Waals surface area (Å²) in [4.78, 5) is 0. The molecule has 0 bridgehead atoms. The molecule has 0 aliphatic heterocycles. The van der Waals surface area contributed by atoms with Gasteiger partial charge in [0.15, 0.2) is 5.60 Å². The van der Waals surface area contributed by atoms with E-state index in [2.05, 4.69) is 32.1 Å². The van der Waals surface area contributed by atoms with E-state index in [1.54, 1.807) is 0 Å². The van der Waals surface area contributed by atoms with Gasteiger partial charge in [-0.1, -0.05) is 42.4 Å². The van der Waals surface area contributed by atoms with Crippen LogP contribution in [0.15, 0.2) is 35.5 Å². The summed E-state index contributed by atoms with van der Waals surface area (Å²) in [5.74, 6) is 0.823. The fourth-order valence-corrected chi connectivity index (χ4v) is 5.84. The third-order valence-corrected chi connectivity index (χ3v) is 7.39. The second-order valence-electron chi connectivity index (χ2n) is 8.29. The van der Waals surface area contributed by atoms with E-state index in [1.807, 2.05) is 12.2 Å². The molecule has 0 saturated heterocycles. The molecule has 23 heavy (non-hydrogen) atoms. The highest BCUT2D eigenvalue weighted by molar-refractivity contribution is 5.45. The lowest BCUT2D eigenvalue weighted by Crippen LogP contribution is -2.49. The summed E-state index contributed by atoms with van der Waals surface area (Å²) in [6, 6.07) is 2.22. The molecular weight excluding hydrogens is 286 g/mol. The first-order chi connectivity index (χ1) is 10.8. The van der Waals surface area contributed by atoms with Crippen LogP contribution < -0.4 is 0 Å². The normalized spacial score (nSPS) is 51.0. The molecular formula is C20H25NO2. The van der Waals surface area contributed by atoms with E-state index in [9.17, 15) is 15.5 Å². The highest BCUT2D eigenvalue weighted by Crippen LogP contribution is 2.64. The van der Waals surface area contributed by atoms with Gasteiger partial charge in [0.05, 0.1) is 12.2 Å². The summed E-state index contributed by atoms with van der Waals surface area (Å²) in [7, 11) is 0. The molecule has 4 aliphatic rings. The Morgan fingerprint density at radius 1 is 1.30 bits per heavy atom. The number of hydrogen-bond acceptors (Lipinski definition) is 3. The third-order valence-electron chi connectivity index (χ3n) is 7.39. The maximum absolute atomic E-state index is 10.8. The van der Waals surface area contributed by atoms with Crippen LogP contribution in [0.1, 0.15) is 46.0 Å². The molecule has 0 heterocycles. The Morgan fingerprint density at radius 3 is 2.83 bits per heavy atom. The number of allylic oxidation sites excluding steroid dienone is 4. The van der Waals surface area contributed by atoms with Gasteiger partial charge in [0.2, 0.25) is 0 Å². The van der Waals surface area contributed by atoms with Gasteiger partial charge in [0.25, 0.3) is 0 Å². The molecule has 2 fully saturated rings. The van der Waals surface area contributed by atoms with Gasteiger partial charge in [0.1, 0.15) is 0 Å². The monoisotopic (exact) mass is 311 g/mol. The molecule has 2 saturated carbocycles. The lowest BCUT2D eigenvalue weighted by Gasteiger charge is -2.53. The fourth-order valence-electron chi connectivity index (χ4n) is 5.84. The van der Waals surface area contributed by atoms with Crippen molar-refractivity contribution >= 4 is 0 Å². The Labute approximate surface area is 138 Å². The molecule has 1 unspecified atom stereocenters. The summed E-state index contributed by atoms with van der Waals surface area (Å²) < 4.78 is 0. The van der Waals surface area contributed by atoms with Crippen LogP contribution in [0.5, 0.6) is 0 Å². The smallest absolute Gasteiger partial charge is 0.156 e. The van der Waals surface area contributed by atoms with Gasteiger partial charge < -0.3 is 10.2 Å². The maximum Gasteiger partial charge on any atom is 0.156 e. The Morgan fingerprint density at radius 2 is 2.09 bits per heavy atom. The van der Waals surface area contributed by atoms with Gasteiger partial charge in [-0.15, -0.1) is 0 Å². The molecule has 6 atom stereocenters. The van der Waals surface area contributed by atoms with Crippen LogP contribution in [0.2, 0.25) is 0 Å². The average Bonchev–Trinajstić information content (AvgIpc) is 2.80. The van der Waals surface area contributed by atoms with E-state index in [-0.39, 0.29) is 10.8 Å². The highest BCUT2D eigenvalue weighted by atomic mass is 16.3. The molecule has 0 aromatic heterocycles. The van der Waals surface area contributed by atoms with Crippen molar-refractivity contribution in [3.05, 3.63) is 35.5 Å². The first-order valence-corrected chi connectivity index (χ1v) is 8.77. The minimum Gasteiger partial charge on any atom is -0.385 e. The molecule has 0 amide bonds. The molecule has 3 nitrogen and oxygen atoms in total.